The van der Waals surface area contributed by atoms with Crippen molar-refractivity contribution in [3.8, 4) is 29.0 Å². The second-order valence-electron chi connectivity index (χ2n) is 10.6. The third-order valence-corrected chi connectivity index (χ3v) is 8.56. The van der Waals surface area contributed by atoms with Gasteiger partial charge in [-0.05, 0) is 37.1 Å². The number of carbonyl (C=O) groups excluding carboxylic acids is 3. The number of fused-ring (bicyclic) bond motifs is 1. The summed E-state index contributed by atoms with van der Waals surface area (Å²) in [4.78, 5) is 50.7. The molecule has 0 bridgehead atoms. The Balaban J connectivity index is 1.50. The number of nitrogens with zero attached hydrogens (tertiary/aromatic N) is 2. The van der Waals surface area contributed by atoms with Crippen molar-refractivity contribution in [1.29, 1.82) is 0 Å². The van der Waals surface area contributed by atoms with Gasteiger partial charge in [-0.15, -0.1) is 0 Å². The Bertz CT molecular complexity index is 1790. The normalized spacial score (nSPS) is 22.2. The van der Waals surface area contributed by atoms with Crippen LogP contribution >= 0.6 is 11.6 Å². The van der Waals surface area contributed by atoms with Crippen LogP contribution < -0.4 is 24.3 Å². The molecule has 0 saturated carbocycles. The van der Waals surface area contributed by atoms with Crippen molar-refractivity contribution in [3.63, 3.8) is 0 Å². The number of benzene rings is 2. The maximum Gasteiger partial charge on any atom is 0.336 e. The van der Waals surface area contributed by atoms with Crippen LogP contribution in [-0.2, 0) is 14.3 Å². The molecule has 6 rings (SSSR count). The zero-order valence-corrected chi connectivity index (χ0v) is 25.3. The number of Topliss-reactive ketones (excluding diaryl/α,β-unsaturated/α-hetero) is 2. The Hall–Kier alpha value is -4.90. The SMILES string of the molecule is COC(=O)C1=C(C)NC2=C(C(=O)C3(Oc4c(Cl)c(OC)cc(OC)c4C3=O)C(C)C2)C1c1cccc(Oc2ncccn2)c1. The van der Waals surface area contributed by atoms with E-state index in [1.54, 1.807) is 56.6 Å². The summed E-state index contributed by atoms with van der Waals surface area (Å²) in [5.74, 6) is -2.59. The van der Waals surface area contributed by atoms with Gasteiger partial charge < -0.3 is 29.0 Å². The maximum atomic E-state index is 14.9. The first-order valence-electron chi connectivity index (χ1n) is 13.7. The highest BCUT2D eigenvalue weighted by Gasteiger charge is 2.63. The van der Waals surface area contributed by atoms with Gasteiger partial charge in [0.15, 0.2) is 5.75 Å². The molecule has 3 aliphatic rings. The van der Waals surface area contributed by atoms with Gasteiger partial charge in [-0.2, -0.15) is 0 Å². The number of hydrogen-bond acceptors (Lipinski definition) is 11. The van der Waals surface area contributed by atoms with Crippen molar-refractivity contribution in [3.05, 3.63) is 87.5 Å². The lowest BCUT2D eigenvalue weighted by Gasteiger charge is -2.42. The number of halogens is 1. The zero-order valence-electron chi connectivity index (χ0n) is 24.5. The van der Waals surface area contributed by atoms with Crippen LogP contribution in [0, 0.1) is 5.92 Å². The molecule has 0 amide bonds. The van der Waals surface area contributed by atoms with Gasteiger partial charge >= 0.3 is 12.0 Å². The van der Waals surface area contributed by atoms with Gasteiger partial charge in [0.25, 0.3) is 0 Å². The monoisotopic (exact) mass is 617 g/mol. The van der Waals surface area contributed by atoms with Crippen LogP contribution in [0.15, 0.2) is 71.3 Å². The lowest BCUT2D eigenvalue weighted by molar-refractivity contribution is -0.136. The van der Waals surface area contributed by atoms with Gasteiger partial charge in [-0.1, -0.05) is 30.7 Å². The van der Waals surface area contributed by atoms with Crippen molar-refractivity contribution < 1.29 is 38.1 Å². The Kier molecular flexibility index (Phi) is 7.28. The van der Waals surface area contributed by atoms with Gasteiger partial charge in [0.1, 0.15) is 27.8 Å². The van der Waals surface area contributed by atoms with Gasteiger partial charge in [0.05, 0.1) is 26.9 Å². The predicted octanol–water partition coefficient (Wildman–Crippen LogP) is 4.95. The first kappa shape index (κ1) is 29.2. The fourth-order valence-electron chi connectivity index (χ4n) is 6.19. The number of rotatable bonds is 6. The average molecular weight is 618 g/mol. The summed E-state index contributed by atoms with van der Waals surface area (Å²) < 4.78 is 28.2. The molecule has 44 heavy (non-hydrogen) atoms. The molecule has 1 spiro atoms. The van der Waals surface area contributed by atoms with Gasteiger partial charge in [0.2, 0.25) is 17.2 Å². The fraction of sp³-hybridized carbons (Fsp3) is 0.281. The molecule has 12 heteroatoms. The van der Waals surface area contributed by atoms with E-state index in [1.165, 1.54) is 27.4 Å². The lowest BCUT2D eigenvalue weighted by atomic mass is 9.65. The summed E-state index contributed by atoms with van der Waals surface area (Å²) >= 11 is 6.61. The Labute approximate surface area is 257 Å². The van der Waals surface area contributed by atoms with Crippen LogP contribution in [-0.4, -0.2) is 54.4 Å². The van der Waals surface area contributed by atoms with Crippen LogP contribution in [0.25, 0.3) is 0 Å². The molecule has 226 valence electrons. The largest absolute Gasteiger partial charge is 0.496 e. The van der Waals surface area contributed by atoms with E-state index in [9.17, 15) is 14.4 Å². The molecule has 3 aromatic rings. The second-order valence-corrected chi connectivity index (χ2v) is 11.0. The van der Waals surface area contributed by atoms with E-state index in [0.717, 1.165) is 0 Å². The number of nitrogens with one attached hydrogen (secondary N) is 1. The van der Waals surface area contributed by atoms with E-state index < -0.39 is 35.0 Å². The number of aromatic nitrogens is 2. The van der Waals surface area contributed by atoms with Crippen LogP contribution in [0.5, 0.6) is 29.0 Å². The second kappa shape index (κ2) is 11.0. The summed E-state index contributed by atoms with van der Waals surface area (Å²) in [6, 6.07) is 10.2. The Morgan fingerprint density at radius 1 is 1.05 bits per heavy atom. The number of carbonyl (C=O) groups is 3. The number of esters is 1. The van der Waals surface area contributed by atoms with E-state index in [-0.39, 0.29) is 51.4 Å². The molecular weight excluding hydrogens is 590 g/mol. The summed E-state index contributed by atoms with van der Waals surface area (Å²) in [5, 5.41) is 3.29. The number of allylic oxidation sites excluding steroid dienone is 2. The number of methoxy groups -OCH3 is 3. The molecule has 1 N–H and O–H groups in total. The molecule has 3 heterocycles. The minimum Gasteiger partial charge on any atom is -0.496 e. The molecular formula is C32H28ClN3O8. The number of hydrogen-bond donors (Lipinski definition) is 1. The number of ketones is 2. The first-order chi connectivity index (χ1) is 21.2. The molecule has 11 nitrogen and oxygen atoms in total. The standard InChI is InChI=1S/C32H28ClN3O8/c1-15-12-19-24(28(37)32(15)29(38)25-20(40-3)14-21(41-4)26(33)27(25)44-32)23(22(16(2)36-19)30(39)42-5)17-8-6-9-18(13-17)43-31-34-10-7-11-35-31/h6-11,13-15,23,36H,12H2,1-5H3. The summed E-state index contributed by atoms with van der Waals surface area (Å²) in [5.41, 5.74) is 0.132. The maximum absolute atomic E-state index is 14.9. The number of dihydropyridines is 1. The van der Waals surface area contributed by atoms with Gasteiger partial charge in [-0.25, -0.2) is 14.8 Å². The van der Waals surface area contributed by atoms with Crippen molar-refractivity contribution in [2.75, 3.05) is 21.3 Å². The molecule has 0 radical (unpaired) electrons. The van der Waals surface area contributed by atoms with E-state index >= 15 is 0 Å². The highest BCUT2D eigenvalue weighted by molar-refractivity contribution is 6.36. The molecule has 3 unspecified atom stereocenters. The minimum atomic E-state index is -1.97. The highest BCUT2D eigenvalue weighted by atomic mass is 35.5. The Morgan fingerprint density at radius 3 is 2.45 bits per heavy atom. The van der Waals surface area contributed by atoms with E-state index in [4.69, 9.17) is 35.3 Å². The minimum absolute atomic E-state index is 0.00982. The summed E-state index contributed by atoms with van der Waals surface area (Å²) in [6.07, 6.45) is 3.35. The highest BCUT2D eigenvalue weighted by Crippen LogP contribution is 2.56. The third kappa shape index (κ3) is 4.29. The molecule has 2 aromatic carbocycles. The van der Waals surface area contributed by atoms with Crippen LogP contribution in [0.4, 0.5) is 0 Å². The zero-order chi connectivity index (χ0) is 31.3. The van der Waals surface area contributed by atoms with Gasteiger partial charge in [0, 0.05) is 47.3 Å². The molecule has 0 saturated heterocycles. The fourth-order valence-corrected chi connectivity index (χ4v) is 6.45. The number of ether oxygens (including phenoxy) is 5. The molecule has 1 aliphatic carbocycles. The Morgan fingerprint density at radius 2 is 1.77 bits per heavy atom. The summed E-state index contributed by atoms with van der Waals surface area (Å²) in [7, 11) is 4.10. The molecule has 2 aliphatic heterocycles. The quantitative estimate of drug-likeness (QED) is 0.297. The van der Waals surface area contributed by atoms with Crippen LogP contribution in [0.3, 0.4) is 0 Å². The third-order valence-electron chi connectivity index (χ3n) is 8.20. The van der Waals surface area contributed by atoms with Crippen LogP contribution in [0.1, 0.15) is 42.1 Å². The van der Waals surface area contributed by atoms with Crippen LogP contribution in [0.2, 0.25) is 5.02 Å². The average Bonchev–Trinajstić information content (AvgIpc) is 3.34. The van der Waals surface area contributed by atoms with Crippen molar-refractivity contribution in [1.82, 2.24) is 15.3 Å². The molecule has 3 atom stereocenters. The topological polar surface area (TPSA) is 135 Å². The van der Waals surface area contributed by atoms with Crippen molar-refractivity contribution in [2.24, 2.45) is 5.92 Å². The summed E-state index contributed by atoms with van der Waals surface area (Å²) in [6.45, 7) is 3.51. The lowest BCUT2D eigenvalue weighted by Crippen LogP contribution is -2.58. The van der Waals surface area contributed by atoms with E-state index in [2.05, 4.69) is 15.3 Å². The van der Waals surface area contributed by atoms with Gasteiger partial charge in [-0.3, -0.25) is 9.59 Å². The predicted molar refractivity (Wildman–Crippen MR) is 157 cm³/mol. The first-order valence-corrected chi connectivity index (χ1v) is 14.1. The van der Waals surface area contributed by atoms with Crippen molar-refractivity contribution in [2.45, 2.75) is 31.8 Å². The molecule has 0 fully saturated rings. The smallest absolute Gasteiger partial charge is 0.336 e. The van der Waals surface area contributed by atoms with E-state index in [0.29, 0.717) is 22.7 Å². The van der Waals surface area contributed by atoms with E-state index in [1.807, 2.05) is 0 Å². The van der Waals surface area contributed by atoms with Crippen molar-refractivity contribution >= 4 is 29.1 Å². The molecule has 1 aromatic heterocycles.